The van der Waals surface area contributed by atoms with Crippen molar-refractivity contribution in [1.29, 1.82) is 0 Å². The number of hydrogen-bond acceptors (Lipinski definition) is 8. The molecule has 3 rings (SSSR count). The van der Waals surface area contributed by atoms with Crippen molar-refractivity contribution in [2.45, 2.75) is 6.04 Å². The SMILES string of the molecule is N[C@@H](CO)C(=O)OC(=O)c1ccc2nc(-c3ccccc3O)sc2c1. The highest BCUT2D eigenvalue weighted by atomic mass is 32.1. The molecule has 4 N–H and O–H groups in total. The summed E-state index contributed by atoms with van der Waals surface area (Å²) in [5.41, 5.74) is 6.72. The lowest BCUT2D eigenvalue weighted by atomic mass is 10.2. The van der Waals surface area contributed by atoms with Crippen LogP contribution in [0.2, 0.25) is 0 Å². The van der Waals surface area contributed by atoms with E-state index in [1.54, 1.807) is 36.4 Å². The molecule has 0 unspecified atom stereocenters. The van der Waals surface area contributed by atoms with Crippen LogP contribution in [-0.2, 0) is 9.53 Å². The van der Waals surface area contributed by atoms with Gasteiger partial charge in [-0.25, -0.2) is 14.6 Å². The molecule has 0 fully saturated rings. The molecule has 0 aliphatic rings. The molecule has 0 amide bonds. The molecule has 8 heteroatoms. The summed E-state index contributed by atoms with van der Waals surface area (Å²) in [5, 5.41) is 19.3. The molecule has 0 radical (unpaired) electrons. The van der Waals surface area contributed by atoms with Crippen LogP contribution in [0.5, 0.6) is 5.75 Å². The first-order valence-corrected chi connectivity index (χ1v) is 8.12. The highest BCUT2D eigenvalue weighted by molar-refractivity contribution is 7.21. The summed E-state index contributed by atoms with van der Waals surface area (Å²) in [6.45, 7) is -0.607. The van der Waals surface area contributed by atoms with Gasteiger partial charge in [-0.1, -0.05) is 12.1 Å². The number of phenolic OH excluding ortho intramolecular Hbond substituents is 1. The number of aromatic nitrogens is 1. The van der Waals surface area contributed by atoms with Crippen LogP contribution >= 0.6 is 11.3 Å². The van der Waals surface area contributed by atoms with E-state index < -0.39 is 24.6 Å². The van der Waals surface area contributed by atoms with Crippen LogP contribution in [0, 0.1) is 0 Å². The van der Waals surface area contributed by atoms with E-state index in [-0.39, 0.29) is 11.3 Å². The van der Waals surface area contributed by atoms with Gasteiger partial charge in [0.15, 0.2) is 0 Å². The van der Waals surface area contributed by atoms with E-state index in [0.29, 0.717) is 20.8 Å². The Morgan fingerprint density at radius 1 is 1.24 bits per heavy atom. The van der Waals surface area contributed by atoms with E-state index in [0.717, 1.165) is 0 Å². The van der Waals surface area contributed by atoms with Gasteiger partial charge in [-0.2, -0.15) is 0 Å². The minimum absolute atomic E-state index is 0.116. The van der Waals surface area contributed by atoms with Gasteiger partial charge in [-0.15, -0.1) is 11.3 Å². The highest BCUT2D eigenvalue weighted by Crippen LogP contribution is 2.35. The third-order valence-electron chi connectivity index (χ3n) is 3.45. The summed E-state index contributed by atoms with van der Waals surface area (Å²) in [6.07, 6.45) is 0. The monoisotopic (exact) mass is 358 g/mol. The predicted octanol–water partition coefficient (Wildman–Crippen LogP) is 1.67. The normalized spacial score (nSPS) is 12.1. The topological polar surface area (TPSA) is 123 Å². The summed E-state index contributed by atoms with van der Waals surface area (Å²) in [7, 11) is 0. The maximum Gasteiger partial charge on any atom is 0.345 e. The van der Waals surface area contributed by atoms with Crippen molar-refractivity contribution in [1.82, 2.24) is 4.98 Å². The molecule has 3 aromatic rings. The summed E-state index contributed by atoms with van der Waals surface area (Å²) >= 11 is 1.30. The van der Waals surface area contributed by atoms with E-state index in [4.69, 9.17) is 10.8 Å². The fourth-order valence-electron chi connectivity index (χ4n) is 2.12. The number of esters is 2. The Hall–Kier alpha value is -2.81. The zero-order chi connectivity index (χ0) is 18.0. The van der Waals surface area contributed by atoms with Crippen LogP contribution in [-0.4, -0.2) is 39.8 Å². The van der Waals surface area contributed by atoms with Crippen LogP contribution in [0.3, 0.4) is 0 Å². The third kappa shape index (κ3) is 3.50. The molecule has 1 aromatic heterocycles. The number of nitrogens with two attached hydrogens (primary N) is 1. The molecule has 0 spiro atoms. The van der Waals surface area contributed by atoms with E-state index in [1.165, 1.54) is 17.4 Å². The number of carbonyl (C=O) groups excluding carboxylic acids is 2. The van der Waals surface area contributed by atoms with Crippen molar-refractivity contribution in [3.63, 3.8) is 0 Å². The zero-order valence-corrected chi connectivity index (χ0v) is 13.7. The number of aromatic hydroxyl groups is 1. The number of aliphatic hydroxyl groups is 1. The molecular weight excluding hydrogens is 344 g/mol. The van der Waals surface area contributed by atoms with Gasteiger partial charge in [0, 0.05) is 0 Å². The number of aliphatic hydroxyl groups excluding tert-OH is 1. The van der Waals surface area contributed by atoms with Crippen LogP contribution in [0.1, 0.15) is 10.4 Å². The smallest absolute Gasteiger partial charge is 0.345 e. The molecule has 0 bridgehead atoms. The standard InChI is InChI=1S/C17H14N2O5S/c18-11(8-20)17(23)24-16(22)9-5-6-12-14(7-9)25-15(19-12)10-3-1-2-4-13(10)21/h1-7,11,20-21H,8,18H2/t11-/m0/s1. The van der Waals surface area contributed by atoms with Gasteiger partial charge in [-0.3, -0.25) is 0 Å². The lowest BCUT2D eigenvalue weighted by molar-refractivity contribution is -0.140. The second-order valence-electron chi connectivity index (χ2n) is 5.22. The first kappa shape index (κ1) is 17.0. The Morgan fingerprint density at radius 2 is 2.00 bits per heavy atom. The minimum atomic E-state index is -1.26. The zero-order valence-electron chi connectivity index (χ0n) is 12.9. The first-order valence-electron chi connectivity index (χ1n) is 7.31. The van der Waals surface area contributed by atoms with E-state index >= 15 is 0 Å². The maximum absolute atomic E-state index is 12.0. The van der Waals surface area contributed by atoms with Crippen LogP contribution in [0.25, 0.3) is 20.8 Å². The highest BCUT2D eigenvalue weighted by Gasteiger charge is 2.20. The molecule has 0 aliphatic carbocycles. The number of hydrogen-bond donors (Lipinski definition) is 3. The number of ether oxygens (including phenoxy) is 1. The largest absolute Gasteiger partial charge is 0.507 e. The summed E-state index contributed by atoms with van der Waals surface area (Å²) in [5.74, 6) is -1.73. The molecular formula is C17H14N2O5S. The molecule has 1 heterocycles. The minimum Gasteiger partial charge on any atom is -0.507 e. The molecule has 0 aliphatic heterocycles. The molecule has 2 aromatic carbocycles. The number of nitrogens with zero attached hydrogens (tertiary/aromatic N) is 1. The van der Waals surface area contributed by atoms with E-state index in [1.807, 2.05) is 0 Å². The van der Waals surface area contributed by atoms with Crippen LogP contribution in [0.15, 0.2) is 42.5 Å². The van der Waals surface area contributed by atoms with E-state index in [9.17, 15) is 14.7 Å². The second kappa shape index (κ2) is 6.98. The third-order valence-corrected chi connectivity index (χ3v) is 4.50. The fourth-order valence-corrected chi connectivity index (χ4v) is 3.16. The average molecular weight is 358 g/mol. The van der Waals surface area contributed by atoms with Crippen LogP contribution in [0.4, 0.5) is 0 Å². The average Bonchev–Trinajstić information content (AvgIpc) is 3.04. The number of benzene rings is 2. The Bertz CT molecular complexity index is 953. The van der Waals surface area contributed by atoms with Gasteiger partial charge in [0.25, 0.3) is 0 Å². The summed E-state index contributed by atoms with van der Waals surface area (Å²) in [6, 6.07) is 10.2. The number of carbonyl (C=O) groups is 2. The van der Waals surface area contributed by atoms with Crippen molar-refractivity contribution >= 4 is 33.5 Å². The van der Waals surface area contributed by atoms with E-state index in [2.05, 4.69) is 9.72 Å². The van der Waals surface area contributed by atoms with Crippen molar-refractivity contribution in [3.8, 4) is 16.3 Å². The second-order valence-corrected chi connectivity index (χ2v) is 6.25. The van der Waals surface area contributed by atoms with Crippen molar-refractivity contribution in [2.75, 3.05) is 6.61 Å². The molecule has 25 heavy (non-hydrogen) atoms. The lowest BCUT2D eigenvalue weighted by Gasteiger charge is -2.06. The lowest BCUT2D eigenvalue weighted by Crippen LogP contribution is -2.36. The molecule has 1 atom stereocenters. The Balaban J connectivity index is 1.89. The fraction of sp³-hybridized carbons (Fsp3) is 0.118. The number of fused-ring (bicyclic) bond motifs is 1. The van der Waals surface area contributed by atoms with Gasteiger partial charge >= 0.3 is 11.9 Å². The van der Waals surface area contributed by atoms with Gasteiger partial charge in [0.1, 0.15) is 16.8 Å². The quantitative estimate of drug-likeness (QED) is 0.479. The maximum atomic E-state index is 12.0. The van der Waals surface area contributed by atoms with Gasteiger partial charge in [0.2, 0.25) is 0 Å². The molecule has 7 nitrogen and oxygen atoms in total. The molecule has 128 valence electrons. The number of para-hydroxylation sites is 1. The predicted molar refractivity (Wildman–Crippen MR) is 92.2 cm³/mol. The summed E-state index contributed by atoms with van der Waals surface area (Å²) in [4.78, 5) is 27.9. The number of thiazole rings is 1. The van der Waals surface area contributed by atoms with Crippen molar-refractivity contribution in [2.24, 2.45) is 5.73 Å². The molecule has 0 saturated heterocycles. The van der Waals surface area contributed by atoms with Crippen molar-refractivity contribution in [3.05, 3.63) is 48.0 Å². The van der Waals surface area contributed by atoms with Crippen molar-refractivity contribution < 1.29 is 24.5 Å². The Morgan fingerprint density at radius 3 is 2.72 bits per heavy atom. The molecule has 0 saturated carbocycles. The first-order chi connectivity index (χ1) is 12.0. The van der Waals surface area contributed by atoms with Gasteiger partial charge in [0.05, 0.1) is 28.0 Å². The van der Waals surface area contributed by atoms with Gasteiger partial charge < -0.3 is 20.7 Å². The number of rotatable bonds is 4. The number of phenols is 1. The van der Waals surface area contributed by atoms with Crippen LogP contribution < -0.4 is 5.73 Å². The van der Waals surface area contributed by atoms with Gasteiger partial charge in [-0.05, 0) is 30.3 Å². The summed E-state index contributed by atoms with van der Waals surface area (Å²) < 4.78 is 5.33. The Kier molecular flexibility index (Phi) is 4.75. The Labute approximate surface area is 146 Å².